The summed E-state index contributed by atoms with van der Waals surface area (Å²) in [6.07, 6.45) is 5.31. The minimum atomic E-state index is -0.823. The minimum Gasteiger partial charge on any atom is -0.460 e. The van der Waals surface area contributed by atoms with Crippen LogP contribution in [0, 0.1) is 11.8 Å². The number of fused-ring (bicyclic) bond motifs is 1. The Morgan fingerprint density at radius 1 is 1.10 bits per heavy atom. The average Bonchev–Trinajstić information content (AvgIpc) is 3.12. The van der Waals surface area contributed by atoms with Gasteiger partial charge in [-0.1, -0.05) is 72.8 Å². The molecule has 0 radical (unpaired) electrons. The Morgan fingerprint density at radius 2 is 1.83 bits per heavy atom. The number of piperidine rings is 1. The minimum absolute atomic E-state index is 0.170. The highest BCUT2D eigenvalue weighted by Crippen LogP contribution is 2.51. The molecular weight excluding hydrogens is 366 g/mol. The molecule has 0 N–H and O–H groups in total. The van der Waals surface area contributed by atoms with Crippen LogP contribution in [0.15, 0.2) is 72.8 Å². The molecule has 5 rings (SSSR count). The number of allylic oxidation sites excluding steroid dienone is 1. The monoisotopic (exact) mass is 389 g/mol. The first-order chi connectivity index (χ1) is 14.2. The largest absolute Gasteiger partial charge is 0.460 e. The quantitative estimate of drug-likeness (QED) is 0.455. The van der Waals surface area contributed by atoms with E-state index in [0.29, 0.717) is 19.4 Å². The van der Waals surface area contributed by atoms with Crippen LogP contribution in [0.5, 0.6) is 0 Å². The van der Waals surface area contributed by atoms with Gasteiger partial charge in [0.2, 0.25) is 5.91 Å². The van der Waals surface area contributed by atoms with Crippen molar-refractivity contribution in [3.05, 3.63) is 83.9 Å². The van der Waals surface area contributed by atoms with E-state index in [1.165, 1.54) is 0 Å². The Kier molecular flexibility index (Phi) is 4.47. The molecule has 4 atom stereocenters. The van der Waals surface area contributed by atoms with Gasteiger partial charge in [-0.25, -0.2) is 0 Å². The lowest BCUT2D eigenvalue weighted by Crippen LogP contribution is -2.60. The fourth-order valence-corrected chi connectivity index (χ4v) is 4.85. The maximum Gasteiger partial charge on any atom is 0.319 e. The van der Waals surface area contributed by atoms with Crippen LogP contribution in [-0.2, 0) is 25.7 Å². The predicted molar refractivity (Wildman–Crippen MR) is 106 cm³/mol. The molecule has 1 aliphatic carbocycles. The van der Waals surface area contributed by atoms with Gasteiger partial charge in [-0.15, -0.1) is 0 Å². The van der Waals surface area contributed by atoms with E-state index < -0.39 is 17.6 Å². The van der Waals surface area contributed by atoms with Crippen molar-refractivity contribution in [1.29, 1.82) is 0 Å². The Hall–Kier alpha value is -2.92. The van der Waals surface area contributed by atoms with Crippen molar-refractivity contribution < 1.29 is 19.1 Å². The first kappa shape index (κ1) is 18.1. The van der Waals surface area contributed by atoms with E-state index in [9.17, 15) is 9.59 Å². The summed E-state index contributed by atoms with van der Waals surface area (Å²) in [4.78, 5) is 28.3. The number of ether oxygens (including phenoxy) is 2. The number of esters is 1. The molecule has 1 spiro atoms. The summed E-state index contributed by atoms with van der Waals surface area (Å²) in [6, 6.07) is 19.2. The summed E-state index contributed by atoms with van der Waals surface area (Å²) < 4.78 is 11.8. The van der Waals surface area contributed by atoms with E-state index in [1.54, 1.807) is 0 Å². The van der Waals surface area contributed by atoms with Gasteiger partial charge in [0.1, 0.15) is 18.2 Å². The molecule has 5 heteroatoms. The summed E-state index contributed by atoms with van der Waals surface area (Å²) in [5.41, 5.74) is 1.29. The van der Waals surface area contributed by atoms with E-state index in [0.717, 1.165) is 11.1 Å². The normalized spacial score (nSPS) is 30.1. The second-order valence-electron chi connectivity index (χ2n) is 7.96. The number of amides is 1. The van der Waals surface area contributed by atoms with Crippen molar-refractivity contribution in [3.63, 3.8) is 0 Å². The van der Waals surface area contributed by atoms with Gasteiger partial charge in [0.05, 0.1) is 12.6 Å². The van der Waals surface area contributed by atoms with Crippen LogP contribution in [0.3, 0.4) is 0 Å². The fourth-order valence-electron chi connectivity index (χ4n) is 4.85. The third-order valence-corrected chi connectivity index (χ3v) is 6.23. The molecule has 29 heavy (non-hydrogen) atoms. The first-order valence-corrected chi connectivity index (χ1v) is 10.1. The third kappa shape index (κ3) is 3.06. The first-order valence-electron chi connectivity index (χ1n) is 10.1. The number of hydrogen-bond donors (Lipinski definition) is 0. The van der Waals surface area contributed by atoms with Crippen LogP contribution >= 0.6 is 0 Å². The topological polar surface area (TPSA) is 55.8 Å². The Morgan fingerprint density at radius 3 is 2.59 bits per heavy atom. The highest BCUT2D eigenvalue weighted by atomic mass is 16.5. The highest BCUT2D eigenvalue weighted by molar-refractivity contribution is 5.99. The molecule has 2 heterocycles. The SMILES string of the molecule is O=C(OCc1ccccc1)C1C(=O)N2[C@H](c3ccccc3)CO[C@]23CC=C[C@H]1C3. The molecule has 2 aliphatic heterocycles. The van der Waals surface area contributed by atoms with Gasteiger partial charge in [-0.05, 0) is 11.1 Å². The fraction of sp³-hybridized carbons (Fsp3) is 0.333. The smallest absolute Gasteiger partial charge is 0.319 e. The number of benzene rings is 2. The number of carbonyl (C=O) groups is 2. The molecule has 5 nitrogen and oxygen atoms in total. The molecule has 1 amide bonds. The van der Waals surface area contributed by atoms with Gasteiger partial charge >= 0.3 is 5.97 Å². The van der Waals surface area contributed by atoms with Crippen molar-refractivity contribution in [2.45, 2.75) is 31.2 Å². The van der Waals surface area contributed by atoms with Crippen LogP contribution in [-0.4, -0.2) is 29.1 Å². The van der Waals surface area contributed by atoms with Crippen molar-refractivity contribution in [3.8, 4) is 0 Å². The third-order valence-electron chi connectivity index (χ3n) is 6.23. The van der Waals surface area contributed by atoms with Gasteiger partial charge in [0.25, 0.3) is 0 Å². The van der Waals surface area contributed by atoms with E-state index in [4.69, 9.17) is 9.47 Å². The lowest BCUT2D eigenvalue weighted by atomic mass is 9.74. The molecule has 0 aromatic heterocycles. The molecule has 2 saturated heterocycles. The van der Waals surface area contributed by atoms with Crippen LogP contribution in [0.25, 0.3) is 0 Å². The number of hydrogen-bond acceptors (Lipinski definition) is 4. The van der Waals surface area contributed by atoms with Crippen molar-refractivity contribution >= 4 is 11.9 Å². The zero-order valence-electron chi connectivity index (χ0n) is 16.1. The maximum absolute atomic E-state index is 13.6. The molecule has 148 valence electrons. The van der Waals surface area contributed by atoms with Gasteiger partial charge in [0.15, 0.2) is 0 Å². The second kappa shape index (κ2) is 7.16. The summed E-state index contributed by atoms with van der Waals surface area (Å²) >= 11 is 0. The average molecular weight is 389 g/mol. The van der Waals surface area contributed by atoms with Crippen LogP contribution in [0.2, 0.25) is 0 Å². The maximum atomic E-state index is 13.6. The summed E-state index contributed by atoms with van der Waals surface area (Å²) in [7, 11) is 0. The molecule has 2 aromatic carbocycles. The van der Waals surface area contributed by atoms with Gasteiger partial charge in [0, 0.05) is 18.8 Å². The van der Waals surface area contributed by atoms with Crippen molar-refractivity contribution in [2.24, 2.45) is 11.8 Å². The Bertz CT molecular complexity index is 942. The molecule has 2 fully saturated rings. The Balaban J connectivity index is 1.42. The van der Waals surface area contributed by atoms with Gasteiger partial charge in [-0.3, -0.25) is 9.59 Å². The molecule has 0 saturated carbocycles. The zero-order valence-corrected chi connectivity index (χ0v) is 16.1. The molecule has 1 unspecified atom stereocenters. The number of nitrogens with zero attached hydrogens (tertiary/aromatic N) is 1. The van der Waals surface area contributed by atoms with Gasteiger partial charge < -0.3 is 14.4 Å². The Labute approximate surface area is 169 Å². The zero-order chi connectivity index (χ0) is 19.8. The second-order valence-corrected chi connectivity index (χ2v) is 7.96. The molecule has 2 bridgehead atoms. The van der Waals surface area contributed by atoms with Crippen molar-refractivity contribution in [2.75, 3.05) is 6.61 Å². The number of carbonyl (C=O) groups excluding carboxylic acids is 2. The summed E-state index contributed by atoms with van der Waals surface area (Å²) in [6.45, 7) is 0.617. The standard InChI is InChI=1S/C24H23NO4/c26-22-21(23(27)28-15-17-8-3-1-4-9-17)19-12-7-13-24(14-19)25(22)20(16-29-24)18-10-5-2-6-11-18/h1-12,19-21H,13-16H2/t19-,20-,21?,24-/m0/s1. The lowest BCUT2D eigenvalue weighted by molar-refractivity contribution is -0.183. The number of rotatable bonds is 4. The van der Waals surface area contributed by atoms with Crippen LogP contribution in [0.1, 0.15) is 30.0 Å². The van der Waals surface area contributed by atoms with E-state index >= 15 is 0 Å². The molecular formula is C24H23NO4. The van der Waals surface area contributed by atoms with E-state index in [1.807, 2.05) is 77.7 Å². The van der Waals surface area contributed by atoms with Crippen LogP contribution < -0.4 is 0 Å². The van der Waals surface area contributed by atoms with Gasteiger partial charge in [-0.2, -0.15) is 0 Å². The summed E-state index contributed by atoms with van der Waals surface area (Å²) in [5.74, 6) is -1.65. The molecule has 2 aromatic rings. The highest BCUT2D eigenvalue weighted by Gasteiger charge is 2.60. The molecule has 3 aliphatic rings. The van der Waals surface area contributed by atoms with Crippen molar-refractivity contribution in [1.82, 2.24) is 4.90 Å². The van der Waals surface area contributed by atoms with E-state index in [2.05, 4.69) is 0 Å². The lowest BCUT2D eigenvalue weighted by Gasteiger charge is -2.49. The van der Waals surface area contributed by atoms with Crippen LogP contribution in [0.4, 0.5) is 0 Å². The van der Waals surface area contributed by atoms with E-state index in [-0.39, 0.29) is 24.5 Å². The predicted octanol–water partition coefficient (Wildman–Crippen LogP) is 3.62. The summed E-state index contributed by atoms with van der Waals surface area (Å²) in [5, 5.41) is 0.